The average Bonchev–Trinajstić information content (AvgIpc) is 3.04. The molecule has 0 fully saturated rings. The lowest BCUT2D eigenvalue weighted by Gasteiger charge is -2.11. The molecule has 1 atom stereocenters. The highest BCUT2D eigenvalue weighted by Gasteiger charge is 2.21. The molecule has 3 aromatic carbocycles. The molecule has 1 unspecified atom stereocenters. The fraction of sp³-hybridized carbons (Fsp3) is 0.150. The second-order valence-electron chi connectivity index (χ2n) is 5.64. The summed E-state index contributed by atoms with van der Waals surface area (Å²) in [6.07, 6.45) is 1.05. The van der Waals surface area contributed by atoms with Crippen molar-refractivity contribution in [3.05, 3.63) is 83.9 Å². The Bertz CT molecular complexity index is 823. The van der Waals surface area contributed by atoms with Gasteiger partial charge < -0.3 is 4.74 Å². The summed E-state index contributed by atoms with van der Waals surface area (Å²) < 4.78 is 6.05. The normalized spacial score (nSPS) is 17.3. The summed E-state index contributed by atoms with van der Waals surface area (Å²) >= 11 is 0. The van der Waals surface area contributed by atoms with Crippen LogP contribution in [0.1, 0.15) is 11.1 Å². The molecule has 0 aromatic heterocycles. The average molecular weight is 287 g/mol. The maximum atomic E-state index is 6.05. The fourth-order valence-electron chi connectivity index (χ4n) is 2.88. The number of aliphatic imine (C=N–C) groups is 1. The van der Waals surface area contributed by atoms with Crippen molar-refractivity contribution in [1.29, 1.82) is 0 Å². The molecule has 3 aromatic rings. The van der Waals surface area contributed by atoms with Gasteiger partial charge in [-0.3, -0.25) is 0 Å². The minimum Gasteiger partial charge on any atom is -0.472 e. The fourth-order valence-corrected chi connectivity index (χ4v) is 2.88. The van der Waals surface area contributed by atoms with E-state index in [0.717, 1.165) is 24.4 Å². The van der Waals surface area contributed by atoms with E-state index < -0.39 is 0 Å². The summed E-state index contributed by atoms with van der Waals surface area (Å²) in [5.74, 6) is 0.770. The van der Waals surface area contributed by atoms with Gasteiger partial charge in [0.05, 0.1) is 6.54 Å². The molecule has 0 aliphatic carbocycles. The van der Waals surface area contributed by atoms with E-state index in [0.29, 0.717) is 0 Å². The molecule has 1 aliphatic rings. The minimum absolute atomic E-state index is 0.142. The maximum Gasteiger partial charge on any atom is 0.216 e. The highest BCUT2D eigenvalue weighted by Crippen LogP contribution is 2.20. The van der Waals surface area contributed by atoms with E-state index >= 15 is 0 Å². The van der Waals surface area contributed by atoms with Crippen molar-refractivity contribution in [3.8, 4) is 0 Å². The summed E-state index contributed by atoms with van der Waals surface area (Å²) in [4.78, 5) is 4.58. The van der Waals surface area contributed by atoms with E-state index in [2.05, 4.69) is 71.7 Å². The Morgan fingerprint density at radius 3 is 2.50 bits per heavy atom. The molecule has 22 heavy (non-hydrogen) atoms. The summed E-state index contributed by atoms with van der Waals surface area (Å²) in [5.41, 5.74) is 2.36. The molecule has 1 heterocycles. The van der Waals surface area contributed by atoms with Gasteiger partial charge in [0.2, 0.25) is 5.90 Å². The van der Waals surface area contributed by atoms with Crippen LogP contribution in [0.2, 0.25) is 0 Å². The molecule has 0 radical (unpaired) electrons. The number of fused-ring (bicyclic) bond motifs is 1. The second-order valence-corrected chi connectivity index (χ2v) is 5.64. The monoisotopic (exact) mass is 287 g/mol. The molecular weight excluding hydrogens is 270 g/mol. The van der Waals surface area contributed by atoms with Gasteiger partial charge in [-0.25, -0.2) is 4.99 Å². The standard InChI is InChI=1S/C20H17NO/c1-2-6-15(7-3-1)12-19-14-21-20(22-19)18-11-10-16-8-4-5-9-17(16)13-18/h1-11,13,19H,12,14H2. The third-order valence-corrected chi connectivity index (χ3v) is 4.02. The minimum atomic E-state index is 0.142. The summed E-state index contributed by atoms with van der Waals surface area (Å²) in [6, 6.07) is 25.2. The zero-order valence-corrected chi connectivity index (χ0v) is 12.3. The van der Waals surface area contributed by atoms with E-state index in [9.17, 15) is 0 Å². The first-order valence-electron chi connectivity index (χ1n) is 7.63. The smallest absolute Gasteiger partial charge is 0.216 e. The quantitative estimate of drug-likeness (QED) is 0.706. The molecule has 0 saturated carbocycles. The lowest BCUT2D eigenvalue weighted by Crippen LogP contribution is -2.16. The Morgan fingerprint density at radius 1 is 0.864 bits per heavy atom. The van der Waals surface area contributed by atoms with Gasteiger partial charge in [-0.2, -0.15) is 0 Å². The number of hydrogen-bond donors (Lipinski definition) is 0. The Hall–Kier alpha value is -2.61. The molecule has 0 amide bonds. The largest absolute Gasteiger partial charge is 0.472 e. The van der Waals surface area contributed by atoms with Crippen LogP contribution in [0.5, 0.6) is 0 Å². The summed E-state index contributed by atoms with van der Waals surface area (Å²) in [6.45, 7) is 0.733. The summed E-state index contributed by atoms with van der Waals surface area (Å²) in [5, 5.41) is 2.46. The first kappa shape index (κ1) is 13.1. The van der Waals surface area contributed by atoms with Gasteiger partial charge in [-0.1, -0.05) is 60.7 Å². The Labute approximate surface area is 130 Å². The molecule has 2 heteroatoms. The Morgan fingerprint density at radius 2 is 1.64 bits per heavy atom. The lowest BCUT2D eigenvalue weighted by molar-refractivity contribution is 0.225. The van der Waals surface area contributed by atoms with Crippen molar-refractivity contribution in [1.82, 2.24) is 0 Å². The Balaban J connectivity index is 1.51. The van der Waals surface area contributed by atoms with Crippen molar-refractivity contribution in [2.75, 3.05) is 6.54 Å². The van der Waals surface area contributed by atoms with E-state index in [1.165, 1.54) is 16.3 Å². The molecule has 1 aliphatic heterocycles. The van der Waals surface area contributed by atoms with Crippen LogP contribution in [0.4, 0.5) is 0 Å². The molecule has 0 spiro atoms. The number of hydrogen-bond acceptors (Lipinski definition) is 2. The van der Waals surface area contributed by atoms with Crippen LogP contribution in [0, 0.1) is 0 Å². The van der Waals surface area contributed by atoms with Crippen molar-refractivity contribution < 1.29 is 4.74 Å². The van der Waals surface area contributed by atoms with E-state index in [1.807, 2.05) is 6.07 Å². The highest BCUT2D eigenvalue weighted by molar-refractivity contribution is 5.99. The third kappa shape index (κ3) is 2.60. The van der Waals surface area contributed by atoms with Crippen LogP contribution < -0.4 is 0 Å². The van der Waals surface area contributed by atoms with Crippen LogP contribution in [0.15, 0.2) is 77.8 Å². The molecule has 108 valence electrons. The number of benzene rings is 3. The van der Waals surface area contributed by atoms with Gasteiger partial charge in [0.25, 0.3) is 0 Å². The topological polar surface area (TPSA) is 21.6 Å². The first-order chi connectivity index (χ1) is 10.9. The van der Waals surface area contributed by atoms with Gasteiger partial charge in [-0.05, 0) is 28.5 Å². The van der Waals surface area contributed by atoms with E-state index in [-0.39, 0.29) is 6.10 Å². The van der Waals surface area contributed by atoms with Gasteiger partial charge in [0.15, 0.2) is 0 Å². The molecule has 0 bridgehead atoms. The van der Waals surface area contributed by atoms with Crippen LogP contribution in [0.25, 0.3) is 10.8 Å². The van der Waals surface area contributed by atoms with Crippen LogP contribution in [-0.4, -0.2) is 18.5 Å². The van der Waals surface area contributed by atoms with Crippen LogP contribution in [0.3, 0.4) is 0 Å². The zero-order valence-electron chi connectivity index (χ0n) is 12.3. The highest BCUT2D eigenvalue weighted by atomic mass is 16.5. The number of ether oxygens (including phenoxy) is 1. The Kier molecular flexibility index (Phi) is 3.36. The molecule has 0 N–H and O–H groups in total. The molecule has 2 nitrogen and oxygen atoms in total. The number of rotatable bonds is 3. The lowest BCUT2D eigenvalue weighted by atomic mass is 10.1. The molecule has 4 rings (SSSR count). The maximum absolute atomic E-state index is 6.05. The predicted octanol–water partition coefficient (Wildman–Crippen LogP) is 4.23. The van der Waals surface area contributed by atoms with Crippen molar-refractivity contribution in [2.24, 2.45) is 4.99 Å². The van der Waals surface area contributed by atoms with E-state index in [1.54, 1.807) is 0 Å². The van der Waals surface area contributed by atoms with Crippen LogP contribution >= 0.6 is 0 Å². The molecule has 0 saturated heterocycles. The predicted molar refractivity (Wildman–Crippen MR) is 90.4 cm³/mol. The third-order valence-electron chi connectivity index (χ3n) is 4.02. The van der Waals surface area contributed by atoms with Crippen molar-refractivity contribution in [3.63, 3.8) is 0 Å². The summed E-state index contributed by atoms with van der Waals surface area (Å²) in [7, 11) is 0. The van der Waals surface area contributed by atoms with Gasteiger partial charge in [0.1, 0.15) is 6.10 Å². The van der Waals surface area contributed by atoms with Gasteiger partial charge in [-0.15, -0.1) is 0 Å². The van der Waals surface area contributed by atoms with Crippen molar-refractivity contribution in [2.45, 2.75) is 12.5 Å². The SMILES string of the molecule is c1ccc(CC2CN=C(c3ccc4ccccc4c3)O2)cc1. The van der Waals surface area contributed by atoms with Gasteiger partial charge in [0, 0.05) is 12.0 Å². The van der Waals surface area contributed by atoms with Gasteiger partial charge >= 0.3 is 0 Å². The second kappa shape index (κ2) is 5.64. The van der Waals surface area contributed by atoms with E-state index in [4.69, 9.17) is 4.74 Å². The zero-order chi connectivity index (χ0) is 14.8. The number of nitrogens with zero attached hydrogens (tertiary/aromatic N) is 1. The van der Waals surface area contributed by atoms with Crippen molar-refractivity contribution >= 4 is 16.7 Å². The molecular formula is C20H17NO. The van der Waals surface area contributed by atoms with Crippen LogP contribution in [-0.2, 0) is 11.2 Å². The first-order valence-corrected chi connectivity index (χ1v) is 7.63.